The molecular formula is C44H83N5O5S. The van der Waals surface area contributed by atoms with Crippen LogP contribution in [0, 0.1) is 12.3 Å². The molecule has 320 valence electrons. The Labute approximate surface area is 337 Å². The minimum Gasteiger partial charge on any atom is -0.379 e. The third-order valence-corrected chi connectivity index (χ3v) is 12.2. The van der Waals surface area contributed by atoms with E-state index in [-0.39, 0.29) is 36.3 Å². The summed E-state index contributed by atoms with van der Waals surface area (Å²) in [7, 11) is -4.00. The van der Waals surface area contributed by atoms with E-state index in [4.69, 9.17) is 26.4 Å². The minimum absolute atomic E-state index is 0.0513. The normalized spacial score (nSPS) is 12.8. The monoisotopic (exact) mass is 794 g/mol. The molecule has 0 saturated heterocycles. The van der Waals surface area contributed by atoms with Gasteiger partial charge in [-0.25, -0.2) is 12.7 Å². The highest BCUT2D eigenvalue weighted by Gasteiger charge is 2.26. The lowest BCUT2D eigenvalue weighted by atomic mass is 10.1. The summed E-state index contributed by atoms with van der Waals surface area (Å²) in [5.41, 5.74) is 12.7. The smallest absolute Gasteiger partial charge is 0.266 e. The highest BCUT2D eigenvalue weighted by atomic mass is 32.2. The topological polar surface area (TPSA) is 161 Å². The van der Waals surface area contributed by atoms with Gasteiger partial charge in [-0.15, -0.1) is 0 Å². The summed E-state index contributed by atoms with van der Waals surface area (Å²) < 4.78 is 39.4. The standard InChI is InChI=1S/C44H83N5O5S/c1-4-6-8-10-12-14-16-18-20-22-24-26-34-53-38-40(54-35-27-25-23-21-19-17-15-13-11-9-7-5-2)37-48-43(50)42(45)32-29-33-49(44(46)47)55(51,52)41-31-28-30-39(3)36-41/h28,30-31,36,40,42H,4-27,29,32-35,37-38,45H2,1-3H3,(H3,46,47)(H,48,50)/t40?,42-/m0/s1. The molecule has 0 aliphatic heterocycles. The van der Waals surface area contributed by atoms with Crippen LogP contribution in [0.2, 0.25) is 0 Å². The fraction of sp³-hybridized carbons (Fsp3) is 0.818. The molecular weight excluding hydrogens is 711 g/mol. The first-order chi connectivity index (χ1) is 26.6. The molecule has 6 N–H and O–H groups in total. The third-order valence-electron chi connectivity index (χ3n) is 10.4. The van der Waals surface area contributed by atoms with E-state index in [0.717, 1.165) is 29.1 Å². The van der Waals surface area contributed by atoms with E-state index >= 15 is 0 Å². The van der Waals surface area contributed by atoms with Crippen molar-refractivity contribution >= 4 is 21.9 Å². The first-order valence-electron chi connectivity index (χ1n) is 22.3. The molecule has 0 spiro atoms. The average molecular weight is 794 g/mol. The molecule has 2 atom stereocenters. The van der Waals surface area contributed by atoms with Crippen molar-refractivity contribution in [3.63, 3.8) is 0 Å². The van der Waals surface area contributed by atoms with Crippen LogP contribution in [0.4, 0.5) is 0 Å². The Kier molecular flexibility index (Phi) is 31.3. The third kappa shape index (κ3) is 26.4. The molecule has 1 aromatic carbocycles. The first kappa shape index (κ1) is 50.8. The van der Waals surface area contributed by atoms with Gasteiger partial charge in [-0.1, -0.05) is 167 Å². The highest BCUT2D eigenvalue weighted by Crippen LogP contribution is 2.18. The summed E-state index contributed by atoms with van der Waals surface area (Å²) >= 11 is 0. The summed E-state index contributed by atoms with van der Waals surface area (Å²) in [5.74, 6) is -0.896. The Hall–Kier alpha value is -2.21. The number of unbranched alkanes of at least 4 members (excludes halogenated alkanes) is 22. The van der Waals surface area contributed by atoms with Crippen LogP contribution in [0.3, 0.4) is 0 Å². The molecule has 1 rings (SSSR count). The number of carbonyl (C=O) groups excluding carboxylic acids is 1. The van der Waals surface area contributed by atoms with Crippen LogP contribution >= 0.6 is 0 Å². The summed E-state index contributed by atoms with van der Waals surface area (Å²) in [6.45, 7) is 8.29. The molecule has 0 saturated carbocycles. The van der Waals surface area contributed by atoms with Crippen LogP contribution in [0.15, 0.2) is 29.2 Å². The molecule has 1 unspecified atom stereocenters. The molecule has 55 heavy (non-hydrogen) atoms. The number of nitrogens with one attached hydrogen (secondary N) is 2. The number of hydrogen-bond donors (Lipinski definition) is 4. The van der Waals surface area contributed by atoms with Crippen molar-refractivity contribution in [1.82, 2.24) is 9.62 Å². The predicted molar refractivity (Wildman–Crippen MR) is 230 cm³/mol. The summed E-state index contributed by atoms with van der Waals surface area (Å²) in [6.07, 6.45) is 31.2. The Morgan fingerprint density at radius 1 is 0.745 bits per heavy atom. The number of ether oxygens (including phenoxy) is 2. The van der Waals surface area contributed by atoms with Crippen molar-refractivity contribution < 1.29 is 22.7 Å². The van der Waals surface area contributed by atoms with Crippen LogP contribution < -0.4 is 16.8 Å². The molecule has 1 amide bonds. The number of aryl methyl sites for hydroxylation is 1. The lowest BCUT2D eigenvalue weighted by Gasteiger charge is -2.23. The zero-order chi connectivity index (χ0) is 40.4. The maximum Gasteiger partial charge on any atom is 0.266 e. The van der Waals surface area contributed by atoms with E-state index < -0.39 is 22.0 Å². The van der Waals surface area contributed by atoms with Crippen molar-refractivity contribution in [2.24, 2.45) is 11.5 Å². The van der Waals surface area contributed by atoms with Crippen molar-refractivity contribution in [2.75, 3.05) is 32.9 Å². The SMILES string of the molecule is CCCCCCCCCCCCCCOCC(CNC(=O)[C@@H](N)CCCN(C(=N)N)S(=O)(=O)c1cccc(C)c1)OCCCCCCCCCCCCCC. The van der Waals surface area contributed by atoms with Crippen molar-refractivity contribution in [3.8, 4) is 0 Å². The Bertz CT molecular complexity index is 1200. The number of hydrogen-bond acceptors (Lipinski definition) is 7. The first-order valence-corrected chi connectivity index (χ1v) is 23.7. The minimum atomic E-state index is -4.00. The van der Waals surface area contributed by atoms with E-state index in [9.17, 15) is 13.2 Å². The zero-order valence-corrected chi connectivity index (χ0v) is 36.3. The van der Waals surface area contributed by atoms with Gasteiger partial charge in [0, 0.05) is 26.3 Å². The van der Waals surface area contributed by atoms with E-state index in [1.807, 2.05) is 0 Å². The number of amides is 1. The lowest BCUT2D eigenvalue weighted by Crippen LogP contribution is -2.46. The van der Waals surface area contributed by atoms with Gasteiger partial charge in [-0.2, -0.15) is 0 Å². The number of nitrogens with two attached hydrogens (primary N) is 2. The van der Waals surface area contributed by atoms with Gasteiger partial charge in [0.2, 0.25) is 11.9 Å². The average Bonchev–Trinajstić information content (AvgIpc) is 3.16. The van der Waals surface area contributed by atoms with Gasteiger partial charge in [0.05, 0.1) is 23.6 Å². The van der Waals surface area contributed by atoms with Gasteiger partial charge in [0.15, 0.2) is 0 Å². The fourth-order valence-corrected chi connectivity index (χ4v) is 8.29. The quantitative estimate of drug-likeness (QED) is 0.0294. The number of sulfonamides is 1. The molecule has 0 heterocycles. The van der Waals surface area contributed by atoms with Crippen molar-refractivity contribution in [1.29, 1.82) is 5.41 Å². The van der Waals surface area contributed by atoms with Crippen LogP contribution in [0.5, 0.6) is 0 Å². The number of carbonyl (C=O) groups is 1. The molecule has 1 aromatic rings. The van der Waals surface area contributed by atoms with E-state index in [2.05, 4.69) is 19.2 Å². The number of nitrogens with zero attached hydrogens (tertiary/aromatic N) is 1. The number of benzene rings is 1. The number of guanidine groups is 1. The van der Waals surface area contributed by atoms with E-state index in [0.29, 0.717) is 26.4 Å². The van der Waals surface area contributed by atoms with Gasteiger partial charge >= 0.3 is 0 Å². The molecule has 11 heteroatoms. The van der Waals surface area contributed by atoms with Gasteiger partial charge in [0.25, 0.3) is 10.0 Å². The summed E-state index contributed by atoms with van der Waals surface area (Å²) in [4.78, 5) is 13.0. The van der Waals surface area contributed by atoms with Crippen LogP contribution in [-0.4, -0.2) is 69.6 Å². The molecule has 0 radical (unpaired) electrons. The molecule has 0 fully saturated rings. The summed E-state index contributed by atoms with van der Waals surface area (Å²) in [6, 6.07) is 5.64. The number of rotatable bonds is 38. The lowest BCUT2D eigenvalue weighted by molar-refractivity contribution is -0.123. The molecule has 0 bridgehead atoms. The second kappa shape index (κ2) is 33.9. The van der Waals surface area contributed by atoms with Gasteiger partial charge in [0.1, 0.15) is 0 Å². The maximum absolute atomic E-state index is 13.2. The molecule has 0 aliphatic rings. The van der Waals surface area contributed by atoms with Crippen molar-refractivity contribution in [3.05, 3.63) is 29.8 Å². The van der Waals surface area contributed by atoms with Crippen LogP contribution in [0.25, 0.3) is 0 Å². The zero-order valence-electron chi connectivity index (χ0n) is 35.4. The van der Waals surface area contributed by atoms with Crippen molar-refractivity contribution in [2.45, 2.75) is 205 Å². The molecule has 0 aliphatic carbocycles. The van der Waals surface area contributed by atoms with Gasteiger partial charge < -0.3 is 26.3 Å². The Morgan fingerprint density at radius 3 is 1.69 bits per heavy atom. The second-order valence-electron chi connectivity index (χ2n) is 15.6. The largest absolute Gasteiger partial charge is 0.379 e. The highest BCUT2D eigenvalue weighted by molar-refractivity contribution is 7.89. The molecule has 0 aromatic heterocycles. The molecule has 10 nitrogen and oxygen atoms in total. The van der Waals surface area contributed by atoms with E-state index in [1.165, 1.54) is 141 Å². The maximum atomic E-state index is 13.2. The predicted octanol–water partition coefficient (Wildman–Crippen LogP) is 9.91. The van der Waals surface area contributed by atoms with Gasteiger partial charge in [-0.3, -0.25) is 10.2 Å². The second-order valence-corrected chi connectivity index (χ2v) is 17.5. The fourth-order valence-electron chi connectivity index (χ4n) is 6.82. The van der Waals surface area contributed by atoms with Crippen LogP contribution in [0.1, 0.15) is 186 Å². The summed E-state index contributed by atoms with van der Waals surface area (Å²) in [5, 5.41) is 10.8. The van der Waals surface area contributed by atoms with Gasteiger partial charge in [-0.05, 0) is 50.3 Å². The van der Waals surface area contributed by atoms with Crippen LogP contribution in [-0.2, 0) is 24.3 Å². The van der Waals surface area contributed by atoms with E-state index in [1.54, 1.807) is 25.1 Å². The Balaban J connectivity index is 2.45. The Morgan fingerprint density at radius 2 is 1.22 bits per heavy atom.